The Hall–Kier alpha value is -1.17. The molecule has 0 unspecified atom stereocenters. The molecule has 0 spiro atoms. The lowest BCUT2D eigenvalue weighted by molar-refractivity contribution is 0.0531. The van der Waals surface area contributed by atoms with E-state index in [0.29, 0.717) is 26.5 Å². The molecule has 1 aliphatic carbocycles. The van der Waals surface area contributed by atoms with Gasteiger partial charge in [0.25, 0.3) is 5.91 Å². The molecule has 0 aliphatic heterocycles. The van der Waals surface area contributed by atoms with E-state index in [1.165, 1.54) is 23.5 Å². The largest absolute Gasteiger partial charge is 0.395 e. The van der Waals surface area contributed by atoms with Crippen LogP contribution in [0.15, 0.2) is 18.2 Å². The molecule has 1 aliphatic rings. The molecule has 21 heavy (non-hydrogen) atoms. The lowest BCUT2D eigenvalue weighted by Crippen LogP contribution is -2.45. The minimum atomic E-state index is -0.342. The summed E-state index contributed by atoms with van der Waals surface area (Å²) in [5, 5.41) is 10.2. The third kappa shape index (κ3) is 2.65. The van der Waals surface area contributed by atoms with Gasteiger partial charge in [0.15, 0.2) is 0 Å². The van der Waals surface area contributed by atoms with E-state index in [9.17, 15) is 14.3 Å². The molecule has 1 aromatic carbocycles. The molecule has 0 atom stereocenters. The van der Waals surface area contributed by atoms with Gasteiger partial charge in [0.1, 0.15) is 10.7 Å². The SMILES string of the molecule is O=C(c1sc2cc(F)ccc2c1Cl)N(CCO)C1CCC1. The van der Waals surface area contributed by atoms with Crippen molar-refractivity contribution in [2.45, 2.75) is 25.3 Å². The van der Waals surface area contributed by atoms with Gasteiger partial charge in [0, 0.05) is 22.7 Å². The number of carbonyl (C=O) groups is 1. The lowest BCUT2D eigenvalue weighted by Gasteiger charge is -2.37. The Morgan fingerprint density at radius 1 is 1.48 bits per heavy atom. The number of hydrogen-bond donors (Lipinski definition) is 1. The van der Waals surface area contributed by atoms with Crippen LogP contribution in [0.3, 0.4) is 0 Å². The Morgan fingerprint density at radius 2 is 2.24 bits per heavy atom. The van der Waals surface area contributed by atoms with E-state index in [-0.39, 0.29) is 24.4 Å². The van der Waals surface area contributed by atoms with Crippen molar-refractivity contribution in [3.63, 3.8) is 0 Å². The molecule has 6 heteroatoms. The van der Waals surface area contributed by atoms with Crippen molar-refractivity contribution in [1.82, 2.24) is 4.90 Å². The smallest absolute Gasteiger partial charge is 0.265 e. The van der Waals surface area contributed by atoms with E-state index in [4.69, 9.17) is 11.6 Å². The maximum absolute atomic E-state index is 13.3. The zero-order chi connectivity index (χ0) is 15.0. The number of amides is 1. The molecule has 0 bridgehead atoms. The summed E-state index contributed by atoms with van der Waals surface area (Å²) in [5.41, 5.74) is 0. The molecule has 1 amide bonds. The van der Waals surface area contributed by atoms with Crippen LogP contribution in [0.2, 0.25) is 5.02 Å². The summed E-state index contributed by atoms with van der Waals surface area (Å²) in [4.78, 5) is 14.8. The Morgan fingerprint density at radius 3 is 2.86 bits per heavy atom. The van der Waals surface area contributed by atoms with Crippen LogP contribution < -0.4 is 0 Å². The van der Waals surface area contributed by atoms with Gasteiger partial charge in [0.05, 0.1) is 11.6 Å². The highest BCUT2D eigenvalue weighted by Crippen LogP contribution is 2.37. The van der Waals surface area contributed by atoms with Gasteiger partial charge in [-0.15, -0.1) is 11.3 Å². The number of fused-ring (bicyclic) bond motifs is 1. The number of rotatable bonds is 4. The average Bonchev–Trinajstić information content (AvgIpc) is 2.72. The maximum Gasteiger partial charge on any atom is 0.265 e. The molecule has 112 valence electrons. The van der Waals surface area contributed by atoms with E-state index < -0.39 is 0 Å². The maximum atomic E-state index is 13.3. The van der Waals surface area contributed by atoms with E-state index in [2.05, 4.69) is 0 Å². The number of carbonyl (C=O) groups excluding carboxylic acids is 1. The first-order valence-electron chi connectivity index (χ1n) is 6.91. The second-order valence-corrected chi connectivity index (χ2v) is 6.62. The van der Waals surface area contributed by atoms with Gasteiger partial charge in [-0.3, -0.25) is 4.79 Å². The second-order valence-electron chi connectivity index (χ2n) is 5.19. The highest BCUT2D eigenvalue weighted by atomic mass is 35.5. The zero-order valence-corrected chi connectivity index (χ0v) is 12.9. The van der Waals surface area contributed by atoms with Crippen LogP contribution >= 0.6 is 22.9 Å². The van der Waals surface area contributed by atoms with Gasteiger partial charge in [-0.05, 0) is 37.5 Å². The average molecular weight is 328 g/mol. The number of halogens is 2. The summed E-state index contributed by atoms with van der Waals surface area (Å²) in [6, 6.07) is 4.51. The van der Waals surface area contributed by atoms with Gasteiger partial charge < -0.3 is 10.0 Å². The molecule has 3 rings (SSSR count). The fourth-order valence-corrected chi connectivity index (χ4v) is 4.06. The van der Waals surface area contributed by atoms with Crippen molar-refractivity contribution in [3.05, 3.63) is 33.9 Å². The number of benzene rings is 1. The summed E-state index contributed by atoms with van der Waals surface area (Å²) in [6.45, 7) is 0.238. The summed E-state index contributed by atoms with van der Waals surface area (Å²) < 4.78 is 14.0. The van der Waals surface area contributed by atoms with Crippen molar-refractivity contribution < 1.29 is 14.3 Å². The summed E-state index contributed by atoms with van der Waals surface area (Å²) in [5.74, 6) is -0.508. The van der Waals surface area contributed by atoms with Gasteiger partial charge in [-0.2, -0.15) is 0 Å². The molecule has 0 saturated heterocycles. The number of hydrogen-bond acceptors (Lipinski definition) is 3. The topological polar surface area (TPSA) is 40.5 Å². The fraction of sp³-hybridized carbons (Fsp3) is 0.400. The predicted molar refractivity (Wildman–Crippen MR) is 82.6 cm³/mol. The number of aliphatic hydroxyl groups is 1. The number of thiophene rings is 1. The molecule has 1 saturated carbocycles. The first-order valence-corrected chi connectivity index (χ1v) is 8.10. The zero-order valence-electron chi connectivity index (χ0n) is 11.3. The normalized spacial score (nSPS) is 15.2. The number of aliphatic hydroxyl groups excluding tert-OH is 1. The van der Waals surface area contributed by atoms with E-state index in [1.54, 1.807) is 11.0 Å². The second kappa shape index (κ2) is 5.91. The Labute approximate surface area is 130 Å². The molecule has 0 radical (unpaired) electrons. The first kappa shape index (κ1) is 14.8. The fourth-order valence-electron chi connectivity index (χ4n) is 2.56. The van der Waals surface area contributed by atoms with E-state index in [1.807, 2.05) is 0 Å². The van der Waals surface area contributed by atoms with Crippen LogP contribution in [0.25, 0.3) is 10.1 Å². The molecule has 1 fully saturated rings. The Bertz CT molecular complexity index is 684. The minimum absolute atomic E-state index is 0.0701. The first-order chi connectivity index (χ1) is 10.1. The van der Waals surface area contributed by atoms with Crippen LogP contribution in [0.4, 0.5) is 4.39 Å². The van der Waals surface area contributed by atoms with Crippen LogP contribution in [-0.2, 0) is 0 Å². The Balaban J connectivity index is 1.97. The molecule has 1 aromatic heterocycles. The van der Waals surface area contributed by atoms with Gasteiger partial charge in [-0.25, -0.2) is 4.39 Å². The van der Waals surface area contributed by atoms with E-state index in [0.717, 1.165) is 19.3 Å². The van der Waals surface area contributed by atoms with Gasteiger partial charge in [0.2, 0.25) is 0 Å². The summed E-state index contributed by atoms with van der Waals surface area (Å²) >= 11 is 7.50. The molecular weight excluding hydrogens is 313 g/mol. The Kier molecular flexibility index (Phi) is 4.15. The summed E-state index contributed by atoms with van der Waals surface area (Å²) in [6.07, 6.45) is 3.02. The van der Waals surface area contributed by atoms with Crippen LogP contribution in [0.1, 0.15) is 28.9 Å². The van der Waals surface area contributed by atoms with Crippen LogP contribution in [0.5, 0.6) is 0 Å². The third-order valence-electron chi connectivity index (χ3n) is 3.90. The number of nitrogens with zero attached hydrogens (tertiary/aromatic N) is 1. The monoisotopic (exact) mass is 327 g/mol. The van der Waals surface area contributed by atoms with Crippen molar-refractivity contribution in [2.24, 2.45) is 0 Å². The van der Waals surface area contributed by atoms with Crippen LogP contribution in [0, 0.1) is 5.82 Å². The van der Waals surface area contributed by atoms with Crippen molar-refractivity contribution >= 4 is 38.9 Å². The summed E-state index contributed by atoms with van der Waals surface area (Å²) in [7, 11) is 0. The predicted octanol–water partition coefficient (Wildman–Crippen LogP) is 3.68. The third-order valence-corrected chi connectivity index (χ3v) is 5.55. The van der Waals surface area contributed by atoms with E-state index >= 15 is 0 Å². The molecule has 3 nitrogen and oxygen atoms in total. The molecular formula is C15H15ClFNO2S. The molecule has 1 heterocycles. The van der Waals surface area contributed by atoms with Gasteiger partial charge in [-0.1, -0.05) is 11.6 Å². The standard InChI is InChI=1S/C15H15ClFNO2S/c16-13-11-5-4-9(17)8-12(11)21-14(13)15(20)18(6-7-19)10-2-1-3-10/h4-5,8,10,19H,1-3,6-7H2. The highest BCUT2D eigenvalue weighted by Gasteiger charge is 2.31. The minimum Gasteiger partial charge on any atom is -0.395 e. The van der Waals surface area contributed by atoms with Crippen molar-refractivity contribution in [3.8, 4) is 0 Å². The highest BCUT2D eigenvalue weighted by molar-refractivity contribution is 7.21. The molecule has 2 aromatic rings. The van der Waals surface area contributed by atoms with Crippen molar-refractivity contribution in [1.29, 1.82) is 0 Å². The van der Waals surface area contributed by atoms with Gasteiger partial charge >= 0.3 is 0 Å². The van der Waals surface area contributed by atoms with Crippen molar-refractivity contribution in [2.75, 3.05) is 13.2 Å². The van der Waals surface area contributed by atoms with Crippen LogP contribution in [-0.4, -0.2) is 35.1 Å². The lowest BCUT2D eigenvalue weighted by atomic mass is 9.91. The quantitative estimate of drug-likeness (QED) is 0.930. The molecule has 1 N–H and O–H groups in total.